The maximum Gasteiger partial charge on any atom is 0.220 e. The van der Waals surface area contributed by atoms with Crippen molar-refractivity contribution >= 4 is 16.8 Å². The quantitative estimate of drug-likeness (QED) is 0.582. The predicted octanol–water partition coefficient (Wildman–Crippen LogP) is 4.79. The fourth-order valence-electron chi connectivity index (χ4n) is 4.21. The van der Waals surface area contributed by atoms with E-state index in [9.17, 15) is 4.79 Å². The number of rotatable bonds is 8. The van der Waals surface area contributed by atoms with Crippen LogP contribution in [0.2, 0.25) is 0 Å². The highest BCUT2D eigenvalue weighted by atomic mass is 16.1. The number of aryl methyl sites for hydroxylation is 1. The maximum atomic E-state index is 12.2. The number of carbonyl (C=O) groups excluding carboxylic acids is 1. The van der Waals surface area contributed by atoms with E-state index in [2.05, 4.69) is 63.9 Å². The van der Waals surface area contributed by atoms with Gasteiger partial charge < -0.3 is 10.3 Å². The maximum absolute atomic E-state index is 12.2. The summed E-state index contributed by atoms with van der Waals surface area (Å²) in [6.07, 6.45) is 8.43. The van der Waals surface area contributed by atoms with Crippen molar-refractivity contribution in [3.8, 4) is 0 Å². The number of aromatic amines is 1. The Balaban J connectivity index is 1.18. The molecule has 0 bridgehead atoms. The topological polar surface area (TPSA) is 48.1 Å². The molecule has 2 heterocycles. The van der Waals surface area contributed by atoms with Gasteiger partial charge in [-0.2, -0.15) is 0 Å². The highest BCUT2D eigenvalue weighted by Crippen LogP contribution is 2.19. The number of likely N-dealkylation sites (tertiary alicyclic amines) is 1. The molecule has 1 saturated heterocycles. The number of carbonyl (C=O) groups is 1. The van der Waals surface area contributed by atoms with Crippen LogP contribution in [0, 0.1) is 0 Å². The van der Waals surface area contributed by atoms with Crippen molar-refractivity contribution in [1.82, 2.24) is 15.2 Å². The summed E-state index contributed by atoms with van der Waals surface area (Å²) in [5, 5.41) is 4.32. The Morgan fingerprint density at radius 2 is 1.72 bits per heavy atom. The summed E-state index contributed by atoms with van der Waals surface area (Å²) in [4.78, 5) is 18.0. The monoisotopic (exact) mass is 389 g/mol. The van der Waals surface area contributed by atoms with Crippen molar-refractivity contribution in [1.29, 1.82) is 0 Å². The first kappa shape index (κ1) is 19.7. The van der Waals surface area contributed by atoms with Gasteiger partial charge in [0.25, 0.3) is 0 Å². The first-order chi connectivity index (χ1) is 14.3. The van der Waals surface area contributed by atoms with Gasteiger partial charge in [0, 0.05) is 36.6 Å². The van der Waals surface area contributed by atoms with Crippen LogP contribution in [0.1, 0.15) is 48.8 Å². The minimum atomic E-state index is 0.127. The molecule has 4 nitrogen and oxygen atoms in total. The molecule has 4 heteroatoms. The standard InChI is InChI=1S/C25H31N3O/c29-25(10-6-7-22-18-26-24-9-3-2-8-23(22)24)27-17-20-11-13-21(14-12-20)19-28-15-4-1-5-16-28/h2-3,8-9,11-14,18,26H,1,4-7,10,15-17,19H2,(H,27,29). The normalized spacial score (nSPS) is 14.9. The lowest BCUT2D eigenvalue weighted by molar-refractivity contribution is -0.121. The number of amides is 1. The van der Waals surface area contributed by atoms with E-state index in [1.54, 1.807) is 0 Å². The van der Waals surface area contributed by atoms with Gasteiger partial charge in [-0.1, -0.05) is 48.9 Å². The second-order valence-electron chi connectivity index (χ2n) is 8.14. The van der Waals surface area contributed by atoms with Crippen LogP contribution >= 0.6 is 0 Å². The summed E-state index contributed by atoms with van der Waals surface area (Å²) in [5.41, 5.74) is 4.98. The van der Waals surface area contributed by atoms with Crippen molar-refractivity contribution in [2.75, 3.05) is 13.1 Å². The molecular formula is C25H31N3O. The Labute approximate surface area is 173 Å². The molecule has 0 unspecified atom stereocenters. The number of nitrogens with one attached hydrogen (secondary N) is 2. The van der Waals surface area contributed by atoms with Crippen LogP contribution in [0.15, 0.2) is 54.7 Å². The molecule has 152 valence electrons. The lowest BCUT2D eigenvalue weighted by Gasteiger charge is -2.26. The summed E-state index contributed by atoms with van der Waals surface area (Å²) in [7, 11) is 0. The van der Waals surface area contributed by atoms with E-state index in [1.165, 1.54) is 48.9 Å². The Morgan fingerprint density at radius 1 is 0.966 bits per heavy atom. The molecule has 29 heavy (non-hydrogen) atoms. The first-order valence-electron chi connectivity index (χ1n) is 10.9. The van der Waals surface area contributed by atoms with Crippen LogP contribution in [-0.4, -0.2) is 28.9 Å². The van der Waals surface area contributed by atoms with Crippen LogP contribution in [0.5, 0.6) is 0 Å². The van der Waals surface area contributed by atoms with Gasteiger partial charge in [0.1, 0.15) is 0 Å². The van der Waals surface area contributed by atoms with Crippen LogP contribution < -0.4 is 5.32 Å². The van der Waals surface area contributed by atoms with Gasteiger partial charge in [-0.05, 0) is 61.5 Å². The average molecular weight is 390 g/mol. The molecule has 1 amide bonds. The van der Waals surface area contributed by atoms with E-state index in [0.29, 0.717) is 13.0 Å². The lowest BCUT2D eigenvalue weighted by atomic mass is 10.1. The Hall–Kier alpha value is -2.59. The Bertz CT molecular complexity index is 923. The van der Waals surface area contributed by atoms with E-state index in [1.807, 2.05) is 6.07 Å². The summed E-state index contributed by atoms with van der Waals surface area (Å²) >= 11 is 0. The number of para-hydroxylation sites is 1. The molecule has 0 saturated carbocycles. The number of benzene rings is 2. The van der Waals surface area contributed by atoms with Gasteiger partial charge in [0.2, 0.25) is 5.91 Å². The van der Waals surface area contributed by atoms with E-state index >= 15 is 0 Å². The Kier molecular flexibility index (Phi) is 6.63. The summed E-state index contributed by atoms with van der Waals surface area (Å²) in [5.74, 6) is 0.127. The third-order valence-electron chi connectivity index (χ3n) is 5.89. The minimum Gasteiger partial charge on any atom is -0.361 e. The zero-order chi connectivity index (χ0) is 19.9. The van der Waals surface area contributed by atoms with Gasteiger partial charge in [-0.25, -0.2) is 0 Å². The summed E-state index contributed by atoms with van der Waals surface area (Å²) in [6, 6.07) is 17.0. The molecule has 2 aromatic carbocycles. The molecule has 3 aromatic rings. The van der Waals surface area contributed by atoms with E-state index in [-0.39, 0.29) is 5.91 Å². The molecule has 0 atom stereocenters. The van der Waals surface area contributed by atoms with Crippen LogP contribution in [0.25, 0.3) is 10.9 Å². The zero-order valence-corrected chi connectivity index (χ0v) is 17.1. The van der Waals surface area contributed by atoms with Crippen molar-refractivity contribution in [3.63, 3.8) is 0 Å². The van der Waals surface area contributed by atoms with Gasteiger partial charge in [-0.15, -0.1) is 0 Å². The second kappa shape index (κ2) is 9.75. The van der Waals surface area contributed by atoms with E-state index in [4.69, 9.17) is 0 Å². The smallest absolute Gasteiger partial charge is 0.220 e. The number of fused-ring (bicyclic) bond motifs is 1. The lowest BCUT2D eigenvalue weighted by Crippen LogP contribution is -2.29. The SMILES string of the molecule is O=C(CCCc1c[nH]c2ccccc12)NCc1ccc(CN2CCCCC2)cc1. The van der Waals surface area contributed by atoms with Gasteiger partial charge in [0.15, 0.2) is 0 Å². The summed E-state index contributed by atoms with van der Waals surface area (Å²) in [6.45, 7) is 4.09. The number of hydrogen-bond donors (Lipinski definition) is 2. The molecule has 1 aliphatic heterocycles. The Morgan fingerprint density at radius 3 is 2.55 bits per heavy atom. The van der Waals surface area contributed by atoms with Crippen LogP contribution in [-0.2, 0) is 24.3 Å². The molecule has 0 radical (unpaired) electrons. The van der Waals surface area contributed by atoms with E-state index in [0.717, 1.165) is 30.5 Å². The molecule has 1 aliphatic rings. The second-order valence-corrected chi connectivity index (χ2v) is 8.14. The van der Waals surface area contributed by atoms with Crippen molar-refractivity contribution in [3.05, 3.63) is 71.4 Å². The van der Waals surface area contributed by atoms with Crippen LogP contribution in [0.4, 0.5) is 0 Å². The third kappa shape index (κ3) is 5.48. The van der Waals surface area contributed by atoms with Crippen molar-refractivity contribution in [2.45, 2.75) is 51.6 Å². The fourth-order valence-corrected chi connectivity index (χ4v) is 4.21. The summed E-state index contributed by atoms with van der Waals surface area (Å²) < 4.78 is 0. The minimum absolute atomic E-state index is 0.127. The number of nitrogens with zero attached hydrogens (tertiary/aromatic N) is 1. The molecular weight excluding hydrogens is 358 g/mol. The molecule has 0 spiro atoms. The number of aromatic nitrogens is 1. The highest BCUT2D eigenvalue weighted by molar-refractivity contribution is 5.83. The van der Waals surface area contributed by atoms with Gasteiger partial charge in [-0.3, -0.25) is 9.69 Å². The number of piperidine rings is 1. The van der Waals surface area contributed by atoms with Gasteiger partial charge in [0.05, 0.1) is 0 Å². The average Bonchev–Trinajstić information content (AvgIpc) is 3.17. The fraction of sp³-hybridized carbons (Fsp3) is 0.400. The molecule has 0 aliphatic carbocycles. The first-order valence-corrected chi connectivity index (χ1v) is 10.9. The zero-order valence-electron chi connectivity index (χ0n) is 17.1. The van der Waals surface area contributed by atoms with Gasteiger partial charge >= 0.3 is 0 Å². The molecule has 2 N–H and O–H groups in total. The van der Waals surface area contributed by atoms with Crippen molar-refractivity contribution < 1.29 is 4.79 Å². The third-order valence-corrected chi connectivity index (χ3v) is 5.89. The predicted molar refractivity (Wildman–Crippen MR) is 119 cm³/mol. The highest BCUT2D eigenvalue weighted by Gasteiger charge is 2.10. The molecule has 1 aromatic heterocycles. The van der Waals surface area contributed by atoms with Crippen molar-refractivity contribution in [2.24, 2.45) is 0 Å². The van der Waals surface area contributed by atoms with Crippen LogP contribution in [0.3, 0.4) is 0 Å². The number of H-pyrrole nitrogens is 1. The van der Waals surface area contributed by atoms with E-state index < -0.39 is 0 Å². The largest absolute Gasteiger partial charge is 0.361 e. The molecule has 1 fully saturated rings. The number of hydrogen-bond acceptors (Lipinski definition) is 2. The molecule has 4 rings (SSSR count).